The highest BCUT2D eigenvalue weighted by Gasteiger charge is 2.23. The number of benzene rings is 1. The Balaban J connectivity index is 1.54. The standard InChI is InChI=1S/C19H30N2/c1-3-9-17(10-4-1)15-20-16-19(21-13-7-8-14-21)18-11-5-2-6-12-18/h2,5-6,11-12,17,19-20H,1,3-4,7-10,13-16H2. The van der Waals surface area contributed by atoms with Crippen LogP contribution >= 0.6 is 0 Å². The summed E-state index contributed by atoms with van der Waals surface area (Å²) in [6.07, 6.45) is 9.95. The van der Waals surface area contributed by atoms with E-state index in [1.807, 2.05) is 0 Å². The van der Waals surface area contributed by atoms with E-state index in [4.69, 9.17) is 0 Å². The molecular weight excluding hydrogens is 256 g/mol. The van der Waals surface area contributed by atoms with Crippen LogP contribution in [0.4, 0.5) is 0 Å². The first kappa shape index (κ1) is 15.1. The van der Waals surface area contributed by atoms with Crippen molar-refractivity contribution in [3.63, 3.8) is 0 Å². The quantitative estimate of drug-likeness (QED) is 0.850. The van der Waals surface area contributed by atoms with Crippen LogP contribution < -0.4 is 5.32 Å². The highest BCUT2D eigenvalue weighted by atomic mass is 15.2. The van der Waals surface area contributed by atoms with Gasteiger partial charge in [-0.15, -0.1) is 0 Å². The molecular formula is C19H30N2. The van der Waals surface area contributed by atoms with Crippen LogP contribution in [0.1, 0.15) is 56.6 Å². The van der Waals surface area contributed by atoms with E-state index in [0.717, 1.165) is 12.5 Å². The molecule has 21 heavy (non-hydrogen) atoms. The Morgan fingerprint density at radius 1 is 0.952 bits per heavy atom. The summed E-state index contributed by atoms with van der Waals surface area (Å²) in [4.78, 5) is 2.67. The second-order valence-electron chi connectivity index (χ2n) is 6.83. The first-order valence-corrected chi connectivity index (χ1v) is 8.93. The van der Waals surface area contributed by atoms with Gasteiger partial charge >= 0.3 is 0 Å². The molecule has 1 N–H and O–H groups in total. The molecule has 3 rings (SSSR count). The highest BCUT2D eigenvalue weighted by Crippen LogP contribution is 2.26. The molecule has 0 spiro atoms. The van der Waals surface area contributed by atoms with Gasteiger partial charge in [-0.25, -0.2) is 0 Å². The van der Waals surface area contributed by atoms with Crippen LogP contribution in [0.2, 0.25) is 0 Å². The summed E-state index contributed by atoms with van der Waals surface area (Å²) in [6, 6.07) is 11.6. The summed E-state index contributed by atoms with van der Waals surface area (Å²) in [7, 11) is 0. The number of hydrogen-bond acceptors (Lipinski definition) is 2. The Kier molecular flexibility index (Phi) is 5.70. The van der Waals surface area contributed by atoms with Crippen LogP contribution in [0, 0.1) is 5.92 Å². The van der Waals surface area contributed by atoms with Crippen LogP contribution in [0.25, 0.3) is 0 Å². The van der Waals surface area contributed by atoms with Crippen molar-refractivity contribution in [2.24, 2.45) is 5.92 Å². The molecule has 1 saturated carbocycles. The predicted molar refractivity (Wildman–Crippen MR) is 89.4 cm³/mol. The Morgan fingerprint density at radius 3 is 2.38 bits per heavy atom. The summed E-state index contributed by atoms with van der Waals surface area (Å²) in [6.45, 7) is 4.87. The van der Waals surface area contributed by atoms with Crippen molar-refractivity contribution in [3.8, 4) is 0 Å². The number of rotatable bonds is 6. The van der Waals surface area contributed by atoms with Gasteiger partial charge in [0.1, 0.15) is 0 Å². The van der Waals surface area contributed by atoms with Crippen molar-refractivity contribution in [1.29, 1.82) is 0 Å². The van der Waals surface area contributed by atoms with E-state index in [0.29, 0.717) is 6.04 Å². The van der Waals surface area contributed by atoms with Crippen LogP contribution in [-0.4, -0.2) is 31.1 Å². The van der Waals surface area contributed by atoms with E-state index >= 15 is 0 Å². The predicted octanol–water partition coefficient (Wildman–Crippen LogP) is 3.99. The van der Waals surface area contributed by atoms with E-state index in [1.165, 1.54) is 70.1 Å². The molecule has 0 radical (unpaired) electrons. The molecule has 1 aliphatic carbocycles. The Morgan fingerprint density at radius 2 is 1.67 bits per heavy atom. The molecule has 1 aromatic rings. The first-order valence-electron chi connectivity index (χ1n) is 8.93. The zero-order valence-electron chi connectivity index (χ0n) is 13.3. The minimum Gasteiger partial charge on any atom is -0.315 e. The van der Waals surface area contributed by atoms with Crippen LogP contribution in [-0.2, 0) is 0 Å². The topological polar surface area (TPSA) is 15.3 Å². The van der Waals surface area contributed by atoms with Crippen molar-refractivity contribution in [1.82, 2.24) is 10.2 Å². The molecule has 1 atom stereocenters. The number of nitrogens with zero attached hydrogens (tertiary/aromatic N) is 1. The average molecular weight is 286 g/mol. The van der Waals surface area contributed by atoms with Crippen LogP contribution in [0.15, 0.2) is 30.3 Å². The molecule has 2 fully saturated rings. The zero-order chi connectivity index (χ0) is 14.3. The lowest BCUT2D eigenvalue weighted by Crippen LogP contribution is -2.36. The first-order chi connectivity index (χ1) is 10.4. The fraction of sp³-hybridized carbons (Fsp3) is 0.684. The minimum absolute atomic E-state index is 0.567. The lowest BCUT2D eigenvalue weighted by Gasteiger charge is -2.29. The van der Waals surface area contributed by atoms with Gasteiger partial charge in [0.2, 0.25) is 0 Å². The Labute approximate surface area is 129 Å². The molecule has 2 nitrogen and oxygen atoms in total. The largest absolute Gasteiger partial charge is 0.315 e. The zero-order valence-corrected chi connectivity index (χ0v) is 13.3. The highest BCUT2D eigenvalue weighted by molar-refractivity contribution is 5.19. The van der Waals surface area contributed by atoms with Crippen LogP contribution in [0.3, 0.4) is 0 Å². The molecule has 1 saturated heterocycles. The lowest BCUT2D eigenvalue weighted by molar-refractivity contribution is 0.231. The minimum atomic E-state index is 0.567. The second kappa shape index (κ2) is 7.95. The molecule has 2 aliphatic rings. The summed E-state index contributed by atoms with van der Waals surface area (Å²) in [5.74, 6) is 0.925. The summed E-state index contributed by atoms with van der Waals surface area (Å²) >= 11 is 0. The number of nitrogens with one attached hydrogen (secondary N) is 1. The third-order valence-corrected chi connectivity index (χ3v) is 5.26. The summed E-state index contributed by atoms with van der Waals surface area (Å²) in [5, 5.41) is 3.79. The lowest BCUT2D eigenvalue weighted by atomic mass is 9.89. The molecule has 1 aromatic carbocycles. The summed E-state index contributed by atoms with van der Waals surface area (Å²) < 4.78 is 0. The van der Waals surface area contributed by atoms with E-state index in [1.54, 1.807) is 0 Å². The van der Waals surface area contributed by atoms with E-state index in [-0.39, 0.29) is 0 Å². The van der Waals surface area contributed by atoms with Crippen molar-refractivity contribution in [2.75, 3.05) is 26.2 Å². The monoisotopic (exact) mass is 286 g/mol. The third-order valence-electron chi connectivity index (χ3n) is 5.26. The van der Waals surface area contributed by atoms with Crippen molar-refractivity contribution in [3.05, 3.63) is 35.9 Å². The third kappa shape index (κ3) is 4.31. The van der Waals surface area contributed by atoms with Gasteiger partial charge in [0.05, 0.1) is 0 Å². The molecule has 0 aromatic heterocycles. The van der Waals surface area contributed by atoms with Crippen molar-refractivity contribution >= 4 is 0 Å². The number of hydrogen-bond donors (Lipinski definition) is 1. The van der Waals surface area contributed by atoms with Gasteiger partial charge in [-0.1, -0.05) is 49.6 Å². The molecule has 2 heteroatoms. The van der Waals surface area contributed by atoms with Gasteiger partial charge in [0.15, 0.2) is 0 Å². The average Bonchev–Trinajstić information content (AvgIpc) is 3.07. The van der Waals surface area contributed by atoms with Gasteiger partial charge in [0, 0.05) is 12.6 Å². The number of likely N-dealkylation sites (tertiary alicyclic amines) is 1. The molecule has 0 bridgehead atoms. The van der Waals surface area contributed by atoms with E-state index < -0.39 is 0 Å². The van der Waals surface area contributed by atoms with E-state index in [9.17, 15) is 0 Å². The normalized spacial score (nSPS) is 22.5. The maximum absolute atomic E-state index is 3.79. The van der Waals surface area contributed by atoms with Gasteiger partial charge in [-0.05, 0) is 56.8 Å². The summed E-state index contributed by atoms with van der Waals surface area (Å²) in [5.41, 5.74) is 1.48. The van der Waals surface area contributed by atoms with Gasteiger partial charge in [-0.3, -0.25) is 4.90 Å². The molecule has 1 unspecified atom stereocenters. The van der Waals surface area contributed by atoms with Crippen LogP contribution in [0.5, 0.6) is 0 Å². The van der Waals surface area contributed by atoms with Gasteiger partial charge < -0.3 is 5.32 Å². The fourth-order valence-corrected chi connectivity index (χ4v) is 4.00. The maximum atomic E-state index is 3.79. The van der Waals surface area contributed by atoms with Crippen molar-refractivity contribution < 1.29 is 0 Å². The smallest absolute Gasteiger partial charge is 0.0472 e. The molecule has 0 amide bonds. The molecule has 1 aliphatic heterocycles. The fourth-order valence-electron chi connectivity index (χ4n) is 4.00. The molecule has 1 heterocycles. The van der Waals surface area contributed by atoms with Gasteiger partial charge in [0.25, 0.3) is 0 Å². The van der Waals surface area contributed by atoms with Gasteiger partial charge in [-0.2, -0.15) is 0 Å². The second-order valence-corrected chi connectivity index (χ2v) is 6.83. The van der Waals surface area contributed by atoms with Crippen molar-refractivity contribution in [2.45, 2.75) is 51.0 Å². The molecule has 116 valence electrons. The Bertz CT molecular complexity index is 391. The van der Waals surface area contributed by atoms with E-state index in [2.05, 4.69) is 40.5 Å². The SMILES string of the molecule is c1ccc(C(CNCC2CCCCC2)N2CCCC2)cc1. The Hall–Kier alpha value is -0.860. The maximum Gasteiger partial charge on any atom is 0.0472 e.